The first-order valence-corrected chi connectivity index (χ1v) is 6.28. The predicted octanol–water partition coefficient (Wildman–Crippen LogP) is 2.91. The van der Waals surface area contributed by atoms with E-state index in [1.54, 1.807) is 0 Å². The highest BCUT2D eigenvalue weighted by molar-refractivity contribution is 5.31. The summed E-state index contributed by atoms with van der Waals surface area (Å²) in [5, 5.41) is 3.54. The van der Waals surface area contributed by atoms with Crippen molar-refractivity contribution in [2.75, 3.05) is 13.2 Å². The van der Waals surface area contributed by atoms with Crippen molar-refractivity contribution in [1.29, 1.82) is 0 Å². The smallest absolute Gasteiger partial charge is 0.122 e. The van der Waals surface area contributed by atoms with Crippen LogP contribution in [0.25, 0.3) is 0 Å². The van der Waals surface area contributed by atoms with Gasteiger partial charge in [-0.05, 0) is 44.4 Å². The van der Waals surface area contributed by atoms with Crippen LogP contribution in [0.15, 0.2) is 24.3 Å². The molecule has 0 unspecified atom stereocenters. The van der Waals surface area contributed by atoms with Gasteiger partial charge >= 0.3 is 0 Å². The average Bonchev–Trinajstić information content (AvgIpc) is 2.23. The average molecular weight is 219 g/mol. The van der Waals surface area contributed by atoms with Crippen LogP contribution >= 0.6 is 0 Å². The predicted molar refractivity (Wildman–Crippen MR) is 66.9 cm³/mol. The molecular weight excluding hydrogens is 198 g/mol. The first kappa shape index (κ1) is 11.5. The van der Waals surface area contributed by atoms with Gasteiger partial charge in [0.05, 0.1) is 6.61 Å². The molecule has 1 saturated carbocycles. The first-order valence-electron chi connectivity index (χ1n) is 6.28. The number of hydrogen-bond donors (Lipinski definition) is 1. The van der Waals surface area contributed by atoms with Crippen molar-refractivity contribution in [3.63, 3.8) is 0 Å². The van der Waals surface area contributed by atoms with Gasteiger partial charge in [-0.25, -0.2) is 0 Å². The van der Waals surface area contributed by atoms with Gasteiger partial charge in [0.1, 0.15) is 5.75 Å². The molecule has 0 radical (unpaired) electrons. The lowest BCUT2D eigenvalue weighted by molar-refractivity contribution is 0.287. The highest BCUT2D eigenvalue weighted by atomic mass is 16.5. The summed E-state index contributed by atoms with van der Waals surface area (Å²) in [6.07, 6.45) is 5.21. The topological polar surface area (TPSA) is 21.3 Å². The lowest BCUT2D eigenvalue weighted by Gasteiger charge is -2.26. The zero-order valence-electron chi connectivity index (χ0n) is 10.0. The fraction of sp³-hybridized carbons (Fsp3) is 0.571. The van der Waals surface area contributed by atoms with Gasteiger partial charge in [0.2, 0.25) is 0 Å². The summed E-state index contributed by atoms with van der Waals surface area (Å²) in [4.78, 5) is 0. The SMILES string of the molecule is Cc1ccccc1OCCCNC1CCC1. The van der Waals surface area contributed by atoms with Gasteiger partial charge in [-0.2, -0.15) is 0 Å². The quantitative estimate of drug-likeness (QED) is 0.743. The molecule has 1 N–H and O–H groups in total. The second kappa shape index (κ2) is 5.90. The van der Waals surface area contributed by atoms with Crippen LogP contribution in [0.2, 0.25) is 0 Å². The van der Waals surface area contributed by atoms with Crippen LogP contribution in [0.3, 0.4) is 0 Å². The van der Waals surface area contributed by atoms with Crippen molar-refractivity contribution >= 4 is 0 Å². The molecule has 0 saturated heterocycles. The third kappa shape index (κ3) is 3.24. The molecule has 2 rings (SSSR count). The second-order valence-corrected chi connectivity index (χ2v) is 4.55. The van der Waals surface area contributed by atoms with Gasteiger partial charge in [0, 0.05) is 6.04 Å². The largest absolute Gasteiger partial charge is 0.493 e. The lowest BCUT2D eigenvalue weighted by Crippen LogP contribution is -2.36. The van der Waals surface area contributed by atoms with Crippen molar-refractivity contribution in [2.45, 2.75) is 38.6 Å². The molecule has 1 aliphatic rings. The monoisotopic (exact) mass is 219 g/mol. The summed E-state index contributed by atoms with van der Waals surface area (Å²) in [6.45, 7) is 3.98. The van der Waals surface area contributed by atoms with Crippen molar-refractivity contribution in [2.24, 2.45) is 0 Å². The van der Waals surface area contributed by atoms with E-state index >= 15 is 0 Å². The number of hydrogen-bond acceptors (Lipinski definition) is 2. The van der Waals surface area contributed by atoms with Gasteiger partial charge in [-0.1, -0.05) is 24.6 Å². The number of benzene rings is 1. The normalized spacial score (nSPS) is 15.8. The van der Waals surface area contributed by atoms with Gasteiger partial charge in [-0.3, -0.25) is 0 Å². The lowest BCUT2D eigenvalue weighted by atomic mass is 9.93. The highest BCUT2D eigenvalue weighted by Crippen LogP contribution is 2.18. The molecule has 2 nitrogen and oxygen atoms in total. The maximum atomic E-state index is 5.73. The van der Waals surface area contributed by atoms with E-state index in [0.29, 0.717) is 0 Å². The molecule has 0 heterocycles. The van der Waals surface area contributed by atoms with E-state index in [2.05, 4.69) is 18.3 Å². The van der Waals surface area contributed by atoms with E-state index < -0.39 is 0 Å². The molecule has 0 atom stereocenters. The van der Waals surface area contributed by atoms with Gasteiger partial charge < -0.3 is 10.1 Å². The Morgan fingerprint density at radius 1 is 1.31 bits per heavy atom. The van der Waals surface area contributed by atoms with Crippen molar-refractivity contribution < 1.29 is 4.74 Å². The highest BCUT2D eigenvalue weighted by Gasteiger charge is 2.15. The Bertz CT molecular complexity index is 320. The van der Waals surface area contributed by atoms with Crippen molar-refractivity contribution in [1.82, 2.24) is 5.32 Å². The maximum absolute atomic E-state index is 5.73. The zero-order valence-corrected chi connectivity index (χ0v) is 10.0. The van der Waals surface area contributed by atoms with Crippen LogP contribution in [-0.2, 0) is 0 Å². The maximum Gasteiger partial charge on any atom is 0.122 e. The Morgan fingerprint density at radius 3 is 2.81 bits per heavy atom. The van der Waals surface area contributed by atoms with E-state index in [1.807, 2.05) is 18.2 Å². The summed E-state index contributed by atoms with van der Waals surface area (Å²) in [5.41, 5.74) is 1.22. The summed E-state index contributed by atoms with van der Waals surface area (Å²) in [7, 11) is 0. The minimum Gasteiger partial charge on any atom is -0.493 e. The number of rotatable bonds is 6. The number of aryl methyl sites for hydroxylation is 1. The Kier molecular flexibility index (Phi) is 4.23. The Balaban J connectivity index is 1.58. The minimum absolute atomic E-state index is 0.790. The molecule has 0 aromatic heterocycles. The Hall–Kier alpha value is -1.02. The molecule has 1 aromatic rings. The summed E-state index contributed by atoms with van der Waals surface area (Å²) < 4.78 is 5.73. The van der Waals surface area contributed by atoms with Gasteiger partial charge in [-0.15, -0.1) is 0 Å². The number of para-hydroxylation sites is 1. The molecule has 2 heteroatoms. The standard InChI is InChI=1S/C14H21NO/c1-12-6-2-3-9-14(12)16-11-5-10-15-13-7-4-8-13/h2-3,6,9,13,15H,4-5,7-8,10-11H2,1H3. The Morgan fingerprint density at radius 2 is 2.12 bits per heavy atom. The van der Waals surface area contributed by atoms with Gasteiger partial charge in [0.15, 0.2) is 0 Å². The molecule has 0 aliphatic heterocycles. The van der Waals surface area contributed by atoms with E-state index in [4.69, 9.17) is 4.74 Å². The molecule has 0 bridgehead atoms. The molecule has 0 amide bonds. The van der Waals surface area contributed by atoms with Crippen LogP contribution in [0.1, 0.15) is 31.2 Å². The third-order valence-corrected chi connectivity index (χ3v) is 3.21. The van der Waals surface area contributed by atoms with E-state index in [1.165, 1.54) is 24.8 Å². The van der Waals surface area contributed by atoms with Gasteiger partial charge in [0.25, 0.3) is 0 Å². The van der Waals surface area contributed by atoms with Crippen LogP contribution < -0.4 is 10.1 Å². The molecule has 1 aliphatic carbocycles. The van der Waals surface area contributed by atoms with E-state index in [9.17, 15) is 0 Å². The van der Waals surface area contributed by atoms with E-state index in [0.717, 1.165) is 31.4 Å². The number of nitrogens with one attached hydrogen (secondary N) is 1. The molecular formula is C14H21NO. The third-order valence-electron chi connectivity index (χ3n) is 3.21. The summed E-state index contributed by atoms with van der Waals surface area (Å²) in [5.74, 6) is 1.02. The van der Waals surface area contributed by atoms with Crippen molar-refractivity contribution in [3.05, 3.63) is 29.8 Å². The van der Waals surface area contributed by atoms with Crippen LogP contribution in [0.5, 0.6) is 5.75 Å². The summed E-state index contributed by atoms with van der Waals surface area (Å²) in [6, 6.07) is 8.98. The molecule has 1 fully saturated rings. The first-order chi connectivity index (χ1) is 7.86. The Labute approximate surface area is 98.0 Å². The summed E-state index contributed by atoms with van der Waals surface area (Å²) >= 11 is 0. The second-order valence-electron chi connectivity index (χ2n) is 4.55. The zero-order chi connectivity index (χ0) is 11.2. The van der Waals surface area contributed by atoms with Crippen LogP contribution in [0, 0.1) is 6.92 Å². The van der Waals surface area contributed by atoms with Crippen LogP contribution in [0.4, 0.5) is 0 Å². The molecule has 16 heavy (non-hydrogen) atoms. The fourth-order valence-corrected chi connectivity index (χ4v) is 1.89. The molecule has 1 aromatic carbocycles. The van der Waals surface area contributed by atoms with Crippen molar-refractivity contribution in [3.8, 4) is 5.75 Å². The van der Waals surface area contributed by atoms with E-state index in [-0.39, 0.29) is 0 Å². The fourth-order valence-electron chi connectivity index (χ4n) is 1.89. The molecule has 0 spiro atoms. The minimum atomic E-state index is 0.790. The molecule has 88 valence electrons. The number of ether oxygens (including phenoxy) is 1. The van der Waals surface area contributed by atoms with Crippen LogP contribution in [-0.4, -0.2) is 19.2 Å².